The highest BCUT2D eigenvalue weighted by Crippen LogP contribution is 2.11. The first-order valence-electron chi connectivity index (χ1n) is 7.28. The highest BCUT2D eigenvalue weighted by atomic mass is 16.5. The van der Waals surface area contributed by atoms with Gasteiger partial charge in [0.25, 0.3) is 5.91 Å². The van der Waals surface area contributed by atoms with E-state index in [1.807, 2.05) is 31.2 Å². The van der Waals surface area contributed by atoms with Crippen molar-refractivity contribution in [1.29, 1.82) is 0 Å². The third kappa shape index (κ3) is 4.32. The summed E-state index contributed by atoms with van der Waals surface area (Å²) in [6.07, 6.45) is 2.03. The van der Waals surface area contributed by atoms with Gasteiger partial charge in [-0.3, -0.25) is 4.79 Å². The van der Waals surface area contributed by atoms with Crippen LogP contribution in [0.25, 0.3) is 0 Å². The number of nitrogens with one attached hydrogen (secondary N) is 1. The predicted octanol–water partition coefficient (Wildman–Crippen LogP) is 1.84. The van der Waals surface area contributed by atoms with Gasteiger partial charge in [-0.1, -0.05) is 17.7 Å². The lowest BCUT2D eigenvalue weighted by molar-refractivity contribution is 0.0893. The van der Waals surface area contributed by atoms with Gasteiger partial charge in [0, 0.05) is 38.3 Å². The number of likely N-dealkylation sites (tertiary alicyclic amines) is 1. The minimum atomic E-state index is 0.0420. The van der Waals surface area contributed by atoms with Crippen molar-refractivity contribution in [2.75, 3.05) is 33.4 Å². The Labute approximate surface area is 121 Å². The van der Waals surface area contributed by atoms with Crippen LogP contribution in [0.2, 0.25) is 0 Å². The average Bonchev–Trinajstić information content (AvgIpc) is 2.47. The number of piperidine rings is 1. The van der Waals surface area contributed by atoms with E-state index in [2.05, 4.69) is 10.2 Å². The van der Waals surface area contributed by atoms with Gasteiger partial charge in [0.2, 0.25) is 0 Å². The van der Waals surface area contributed by atoms with E-state index in [1.54, 1.807) is 7.11 Å². The number of carbonyl (C=O) groups is 1. The van der Waals surface area contributed by atoms with Crippen molar-refractivity contribution in [3.05, 3.63) is 35.4 Å². The Morgan fingerprint density at radius 1 is 1.30 bits per heavy atom. The molecule has 2 rings (SSSR count). The number of ether oxygens (including phenoxy) is 1. The maximum Gasteiger partial charge on any atom is 0.251 e. The van der Waals surface area contributed by atoms with Crippen LogP contribution >= 0.6 is 0 Å². The largest absolute Gasteiger partial charge is 0.383 e. The molecule has 4 heteroatoms. The van der Waals surface area contributed by atoms with Crippen molar-refractivity contribution < 1.29 is 9.53 Å². The number of benzene rings is 1. The monoisotopic (exact) mass is 276 g/mol. The number of rotatable bonds is 5. The van der Waals surface area contributed by atoms with E-state index in [0.717, 1.165) is 44.6 Å². The van der Waals surface area contributed by atoms with Crippen LogP contribution in [0.5, 0.6) is 0 Å². The molecule has 1 aliphatic heterocycles. The number of hydrogen-bond donors (Lipinski definition) is 1. The summed E-state index contributed by atoms with van der Waals surface area (Å²) in [7, 11) is 1.73. The Bertz CT molecular complexity index is 423. The van der Waals surface area contributed by atoms with Gasteiger partial charge in [0.15, 0.2) is 0 Å². The zero-order valence-corrected chi connectivity index (χ0v) is 12.4. The third-order valence-corrected chi connectivity index (χ3v) is 3.85. The van der Waals surface area contributed by atoms with E-state index in [0.29, 0.717) is 6.04 Å². The van der Waals surface area contributed by atoms with Gasteiger partial charge in [-0.25, -0.2) is 0 Å². The van der Waals surface area contributed by atoms with Crippen LogP contribution in [-0.2, 0) is 4.74 Å². The van der Waals surface area contributed by atoms with Crippen LogP contribution < -0.4 is 5.32 Å². The van der Waals surface area contributed by atoms with Crippen molar-refractivity contribution in [2.24, 2.45) is 0 Å². The molecular weight excluding hydrogens is 252 g/mol. The van der Waals surface area contributed by atoms with Gasteiger partial charge >= 0.3 is 0 Å². The molecule has 1 aromatic carbocycles. The molecule has 1 aliphatic rings. The van der Waals surface area contributed by atoms with E-state index >= 15 is 0 Å². The molecule has 0 unspecified atom stereocenters. The Morgan fingerprint density at radius 3 is 2.55 bits per heavy atom. The fraction of sp³-hybridized carbons (Fsp3) is 0.562. The molecule has 0 atom stereocenters. The van der Waals surface area contributed by atoms with E-state index < -0.39 is 0 Å². The minimum Gasteiger partial charge on any atom is -0.383 e. The average molecular weight is 276 g/mol. The number of hydrogen-bond acceptors (Lipinski definition) is 3. The lowest BCUT2D eigenvalue weighted by atomic mass is 10.0. The topological polar surface area (TPSA) is 41.6 Å². The summed E-state index contributed by atoms with van der Waals surface area (Å²) < 4.78 is 5.09. The zero-order chi connectivity index (χ0) is 14.4. The lowest BCUT2D eigenvalue weighted by Gasteiger charge is -2.32. The fourth-order valence-corrected chi connectivity index (χ4v) is 2.49. The summed E-state index contributed by atoms with van der Waals surface area (Å²) in [4.78, 5) is 14.5. The lowest BCUT2D eigenvalue weighted by Crippen LogP contribution is -2.45. The van der Waals surface area contributed by atoms with Crippen molar-refractivity contribution >= 4 is 5.91 Å². The molecule has 1 fully saturated rings. The molecule has 1 saturated heterocycles. The van der Waals surface area contributed by atoms with Gasteiger partial charge in [-0.05, 0) is 31.9 Å². The predicted molar refractivity (Wildman–Crippen MR) is 80.0 cm³/mol. The van der Waals surface area contributed by atoms with Gasteiger partial charge in [-0.15, -0.1) is 0 Å². The quantitative estimate of drug-likeness (QED) is 0.892. The number of methoxy groups -OCH3 is 1. The second kappa shape index (κ2) is 7.41. The minimum absolute atomic E-state index is 0.0420. The Kier molecular flexibility index (Phi) is 5.56. The Morgan fingerprint density at radius 2 is 1.95 bits per heavy atom. The second-order valence-corrected chi connectivity index (χ2v) is 5.45. The first kappa shape index (κ1) is 15.0. The SMILES string of the molecule is COCCN1CCC(NC(=O)c2ccc(C)cc2)CC1. The van der Waals surface area contributed by atoms with Crippen LogP contribution in [0, 0.1) is 6.92 Å². The van der Waals surface area contributed by atoms with E-state index in [1.165, 1.54) is 5.56 Å². The Balaban J connectivity index is 1.77. The number of carbonyl (C=O) groups excluding carboxylic acids is 1. The maximum absolute atomic E-state index is 12.1. The summed E-state index contributed by atoms with van der Waals surface area (Å²) in [5.41, 5.74) is 1.92. The summed E-state index contributed by atoms with van der Waals surface area (Å²) >= 11 is 0. The number of amides is 1. The summed E-state index contributed by atoms with van der Waals surface area (Å²) in [6, 6.07) is 8.02. The van der Waals surface area contributed by atoms with Crippen LogP contribution in [0.15, 0.2) is 24.3 Å². The zero-order valence-electron chi connectivity index (χ0n) is 12.4. The summed E-state index contributed by atoms with van der Waals surface area (Å²) in [5, 5.41) is 3.13. The maximum atomic E-state index is 12.1. The van der Waals surface area contributed by atoms with Crippen molar-refractivity contribution in [3.63, 3.8) is 0 Å². The standard InChI is InChI=1S/C16H24N2O2/c1-13-3-5-14(6-4-13)16(19)17-15-7-9-18(10-8-15)11-12-20-2/h3-6,15H,7-12H2,1-2H3,(H,17,19). The van der Waals surface area contributed by atoms with E-state index in [-0.39, 0.29) is 5.91 Å². The van der Waals surface area contributed by atoms with Crippen LogP contribution in [0.3, 0.4) is 0 Å². The molecule has 110 valence electrons. The van der Waals surface area contributed by atoms with Gasteiger partial charge in [-0.2, -0.15) is 0 Å². The van der Waals surface area contributed by atoms with Crippen LogP contribution in [-0.4, -0.2) is 50.2 Å². The van der Waals surface area contributed by atoms with Crippen molar-refractivity contribution in [1.82, 2.24) is 10.2 Å². The van der Waals surface area contributed by atoms with Gasteiger partial charge in [0.1, 0.15) is 0 Å². The number of nitrogens with zero attached hydrogens (tertiary/aromatic N) is 1. The molecular formula is C16H24N2O2. The van der Waals surface area contributed by atoms with E-state index in [4.69, 9.17) is 4.74 Å². The van der Waals surface area contributed by atoms with Gasteiger partial charge < -0.3 is 15.0 Å². The van der Waals surface area contributed by atoms with Crippen molar-refractivity contribution in [3.8, 4) is 0 Å². The first-order chi connectivity index (χ1) is 9.69. The molecule has 4 nitrogen and oxygen atoms in total. The third-order valence-electron chi connectivity index (χ3n) is 3.85. The molecule has 0 bridgehead atoms. The molecule has 0 aromatic heterocycles. The van der Waals surface area contributed by atoms with E-state index in [9.17, 15) is 4.79 Å². The van der Waals surface area contributed by atoms with Crippen LogP contribution in [0.1, 0.15) is 28.8 Å². The summed E-state index contributed by atoms with van der Waals surface area (Å²) in [5.74, 6) is 0.0420. The molecule has 0 radical (unpaired) electrons. The second-order valence-electron chi connectivity index (χ2n) is 5.45. The van der Waals surface area contributed by atoms with Crippen molar-refractivity contribution in [2.45, 2.75) is 25.8 Å². The van der Waals surface area contributed by atoms with Gasteiger partial charge in [0.05, 0.1) is 6.61 Å². The molecule has 0 saturated carbocycles. The molecule has 1 N–H and O–H groups in total. The smallest absolute Gasteiger partial charge is 0.251 e. The Hall–Kier alpha value is -1.39. The van der Waals surface area contributed by atoms with Crippen LogP contribution in [0.4, 0.5) is 0 Å². The molecule has 1 heterocycles. The molecule has 0 spiro atoms. The molecule has 0 aliphatic carbocycles. The fourth-order valence-electron chi connectivity index (χ4n) is 2.49. The normalized spacial score (nSPS) is 17.1. The molecule has 1 aromatic rings. The molecule has 1 amide bonds. The highest BCUT2D eigenvalue weighted by molar-refractivity contribution is 5.94. The number of aryl methyl sites for hydroxylation is 1. The summed E-state index contributed by atoms with van der Waals surface area (Å²) in [6.45, 7) is 5.84. The molecule has 20 heavy (non-hydrogen) atoms. The highest BCUT2D eigenvalue weighted by Gasteiger charge is 2.20. The first-order valence-corrected chi connectivity index (χ1v) is 7.28.